The highest BCUT2D eigenvalue weighted by molar-refractivity contribution is 6.30. The molecule has 4 aromatic rings. The molecule has 1 aliphatic rings. The molecule has 0 saturated carbocycles. The number of anilines is 2. The Balaban J connectivity index is 1.46. The normalized spacial score (nSPS) is 23.0. The Kier molecular flexibility index (Phi) is 5.44. The number of nitrogens with one attached hydrogen (secondary N) is 1. The topological polar surface area (TPSA) is 144 Å². The van der Waals surface area contributed by atoms with Crippen LogP contribution in [0, 0.1) is 5.82 Å². The summed E-state index contributed by atoms with van der Waals surface area (Å²) in [6.07, 6.45) is -2.08. The molecule has 3 aromatic heterocycles. The van der Waals surface area contributed by atoms with E-state index in [1.807, 2.05) is 13.8 Å². The fraction of sp³-hybridized carbons (Fsp3) is 0.350. The number of aliphatic hydroxyl groups is 2. The Morgan fingerprint density at radius 1 is 1.15 bits per heavy atom. The van der Waals surface area contributed by atoms with Crippen molar-refractivity contribution in [2.45, 2.75) is 44.3 Å². The lowest BCUT2D eigenvalue weighted by Crippen LogP contribution is -2.29. The van der Waals surface area contributed by atoms with E-state index >= 15 is 0 Å². The number of benzene rings is 1. The second-order valence-corrected chi connectivity index (χ2v) is 8.29. The van der Waals surface area contributed by atoms with Crippen molar-refractivity contribution in [1.29, 1.82) is 0 Å². The first kappa shape index (κ1) is 21.6. The molecule has 0 radical (unpaired) electrons. The number of hydrogen-bond acceptors (Lipinski definition) is 10. The Bertz CT molecular complexity index is 1310. The van der Waals surface area contributed by atoms with Crippen LogP contribution in [0.3, 0.4) is 0 Å². The van der Waals surface area contributed by atoms with E-state index in [9.17, 15) is 14.6 Å². The second-order valence-electron chi connectivity index (χ2n) is 7.86. The Labute approximate surface area is 191 Å². The molecule has 0 amide bonds. The summed E-state index contributed by atoms with van der Waals surface area (Å²) in [5.74, 6) is 0.130. The Hall–Kier alpha value is -3.19. The smallest absolute Gasteiger partial charge is 0.248 e. The van der Waals surface area contributed by atoms with Gasteiger partial charge in [0.05, 0.1) is 12.0 Å². The molecule has 1 fully saturated rings. The summed E-state index contributed by atoms with van der Waals surface area (Å²) < 4.78 is 27.1. The molecule has 13 heteroatoms. The average molecular weight is 476 g/mol. The molecule has 3 N–H and O–H groups in total. The van der Waals surface area contributed by atoms with Crippen LogP contribution in [0.5, 0.6) is 0 Å². The Morgan fingerprint density at radius 2 is 1.97 bits per heavy atom. The molecule has 11 nitrogen and oxygen atoms in total. The lowest BCUT2D eigenvalue weighted by atomic mass is 10.1. The van der Waals surface area contributed by atoms with Crippen molar-refractivity contribution < 1.29 is 23.8 Å². The molecule has 0 bridgehead atoms. The molecule has 4 heterocycles. The van der Waals surface area contributed by atoms with E-state index in [-0.39, 0.29) is 28.3 Å². The van der Waals surface area contributed by atoms with Gasteiger partial charge in [-0.1, -0.05) is 25.4 Å². The van der Waals surface area contributed by atoms with Crippen molar-refractivity contribution in [2.24, 2.45) is 0 Å². The van der Waals surface area contributed by atoms with E-state index < -0.39 is 30.4 Å². The minimum atomic E-state index is -1.33. The molecule has 172 valence electrons. The van der Waals surface area contributed by atoms with Gasteiger partial charge in [0.25, 0.3) is 0 Å². The summed E-state index contributed by atoms with van der Waals surface area (Å²) in [4.78, 5) is 12.7. The molecular weight excluding hydrogens is 457 g/mol. The van der Waals surface area contributed by atoms with Gasteiger partial charge in [-0.05, 0) is 18.2 Å². The van der Waals surface area contributed by atoms with E-state index in [1.54, 1.807) is 0 Å². The zero-order chi connectivity index (χ0) is 23.3. The number of ether oxygens (including phenoxy) is 1. The first-order valence-electron chi connectivity index (χ1n) is 10.1. The largest absolute Gasteiger partial charge is 0.422 e. The maximum absolute atomic E-state index is 14.2. The first-order valence-corrected chi connectivity index (χ1v) is 10.5. The third-order valence-corrected chi connectivity index (χ3v) is 5.48. The molecule has 0 spiro atoms. The van der Waals surface area contributed by atoms with Gasteiger partial charge < -0.3 is 24.7 Å². The van der Waals surface area contributed by atoms with Gasteiger partial charge in [0.15, 0.2) is 29.3 Å². The summed E-state index contributed by atoms with van der Waals surface area (Å²) in [7, 11) is 0. The number of aliphatic hydroxyl groups excluding tert-OH is 2. The van der Waals surface area contributed by atoms with Crippen LogP contribution in [0.1, 0.15) is 43.9 Å². The molecule has 1 aromatic carbocycles. The molecule has 1 aliphatic heterocycles. The number of aromatic nitrogens is 6. The molecule has 33 heavy (non-hydrogen) atoms. The fourth-order valence-corrected chi connectivity index (χ4v) is 3.70. The van der Waals surface area contributed by atoms with Gasteiger partial charge >= 0.3 is 0 Å². The predicted octanol–water partition coefficient (Wildman–Crippen LogP) is 2.86. The summed E-state index contributed by atoms with van der Waals surface area (Å²) in [6.45, 7) is 3.78. The highest BCUT2D eigenvalue weighted by atomic mass is 35.5. The zero-order valence-electron chi connectivity index (χ0n) is 17.4. The van der Waals surface area contributed by atoms with E-state index in [0.29, 0.717) is 17.1 Å². The van der Waals surface area contributed by atoms with Gasteiger partial charge in [0, 0.05) is 10.9 Å². The van der Waals surface area contributed by atoms with Crippen molar-refractivity contribution in [3.63, 3.8) is 0 Å². The van der Waals surface area contributed by atoms with Gasteiger partial charge in [-0.2, -0.15) is 0 Å². The van der Waals surface area contributed by atoms with E-state index in [1.165, 1.54) is 35.4 Å². The van der Waals surface area contributed by atoms with Gasteiger partial charge in [-0.15, -0.1) is 10.2 Å². The third kappa shape index (κ3) is 3.80. The van der Waals surface area contributed by atoms with Gasteiger partial charge in [0.1, 0.15) is 24.4 Å². The molecule has 1 saturated heterocycles. The average Bonchev–Trinajstić information content (AvgIpc) is 3.49. The highest BCUT2D eigenvalue weighted by Gasteiger charge is 2.47. The zero-order valence-corrected chi connectivity index (χ0v) is 18.2. The van der Waals surface area contributed by atoms with Crippen LogP contribution in [-0.4, -0.2) is 52.1 Å². The maximum Gasteiger partial charge on any atom is 0.248 e. The summed E-state index contributed by atoms with van der Waals surface area (Å²) in [5, 5.41) is 32.3. The van der Waals surface area contributed by atoms with Gasteiger partial charge in [0.2, 0.25) is 11.8 Å². The molecule has 4 atom stereocenters. The van der Waals surface area contributed by atoms with E-state index in [2.05, 4.69) is 30.5 Å². The van der Waals surface area contributed by atoms with Crippen LogP contribution in [-0.2, 0) is 4.74 Å². The first-order chi connectivity index (χ1) is 15.8. The summed E-state index contributed by atoms with van der Waals surface area (Å²) in [6, 6.07) is 4.19. The highest BCUT2D eigenvalue weighted by Crippen LogP contribution is 2.40. The second kappa shape index (κ2) is 8.30. The fourth-order valence-electron chi connectivity index (χ4n) is 3.54. The number of imidazole rings is 1. The maximum atomic E-state index is 14.2. The number of fused-ring (bicyclic) bond motifs is 1. The van der Waals surface area contributed by atoms with Crippen LogP contribution in [0.25, 0.3) is 11.2 Å². The van der Waals surface area contributed by atoms with E-state index in [4.69, 9.17) is 20.8 Å². The van der Waals surface area contributed by atoms with Crippen LogP contribution in [0.15, 0.2) is 35.3 Å². The van der Waals surface area contributed by atoms with Crippen molar-refractivity contribution in [2.75, 3.05) is 5.32 Å². The number of rotatable bonds is 5. The quantitative estimate of drug-likeness (QED) is 0.394. The van der Waals surface area contributed by atoms with Gasteiger partial charge in [-0.3, -0.25) is 4.57 Å². The minimum Gasteiger partial charge on any atom is -0.422 e. The summed E-state index contributed by atoms with van der Waals surface area (Å²) >= 11 is 5.81. The van der Waals surface area contributed by atoms with Crippen LogP contribution in [0.4, 0.5) is 15.9 Å². The van der Waals surface area contributed by atoms with Crippen molar-refractivity contribution in [3.05, 3.63) is 53.5 Å². The molecule has 5 rings (SSSR count). The lowest BCUT2D eigenvalue weighted by molar-refractivity contribution is -0.0440. The lowest BCUT2D eigenvalue weighted by Gasteiger charge is -2.16. The van der Waals surface area contributed by atoms with Crippen LogP contribution in [0.2, 0.25) is 5.02 Å². The van der Waals surface area contributed by atoms with Gasteiger partial charge in [-0.25, -0.2) is 19.3 Å². The van der Waals surface area contributed by atoms with Crippen molar-refractivity contribution >= 4 is 34.3 Å². The summed E-state index contributed by atoms with van der Waals surface area (Å²) in [5.41, 5.74) is 0.756. The monoisotopic (exact) mass is 475 g/mol. The number of halogens is 2. The molecule has 0 unspecified atom stereocenters. The molecule has 0 aliphatic carbocycles. The SMILES string of the molecule is CC(C)c1nnc([C@H]2O[C@@H](n3cnc4c(Nc5ccc(Cl)cc5F)ncnc43)[C@H](O)[C@@H]2O)o1. The molecular formula is C20H19ClFN7O4. The van der Waals surface area contributed by atoms with Crippen molar-refractivity contribution in [1.82, 2.24) is 29.7 Å². The van der Waals surface area contributed by atoms with Crippen molar-refractivity contribution in [3.8, 4) is 0 Å². The van der Waals surface area contributed by atoms with E-state index in [0.717, 1.165) is 0 Å². The van der Waals surface area contributed by atoms with Crippen LogP contribution < -0.4 is 5.32 Å². The number of hydrogen-bond donors (Lipinski definition) is 3. The van der Waals surface area contributed by atoms with Crippen LogP contribution >= 0.6 is 11.6 Å². The predicted molar refractivity (Wildman–Crippen MR) is 113 cm³/mol. The standard InChI is InChI=1S/C20H19ClFN7O4/c1-8(2)18-27-28-19(33-18)15-13(30)14(31)20(32-15)29-7-25-12-16(23-6-24-17(12)29)26-11-4-3-9(21)5-10(11)22/h3-8,13-15,20,30-31H,1-2H3,(H,23,24,26)/t13-,14+,15-,20+/m0/s1. The minimum absolute atomic E-state index is 0.00351. The number of nitrogens with zero attached hydrogens (tertiary/aromatic N) is 6. The Morgan fingerprint density at radius 3 is 2.70 bits per heavy atom. The third-order valence-electron chi connectivity index (χ3n) is 5.25.